The minimum atomic E-state index is -3.15. The molecule has 0 atom stereocenters. The molecule has 0 aromatic heterocycles. The molecule has 90 valence electrons. The van der Waals surface area contributed by atoms with Crippen LogP contribution in [0.1, 0.15) is 26.3 Å². The zero-order chi connectivity index (χ0) is 12.2. The Hall–Kier alpha value is -0.870. The van der Waals surface area contributed by atoms with Crippen molar-refractivity contribution in [1.29, 1.82) is 0 Å². The summed E-state index contributed by atoms with van der Waals surface area (Å²) < 4.78 is 25.7. The molecule has 0 amide bonds. The van der Waals surface area contributed by atoms with Crippen molar-refractivity contribution in [2.45, 2.75) is 32.7 Å². The second-order valence-corrected chi connectivity index (χ2v) is 6.56. The van der Waals surface area contributed by atoms with Gasteiger partial charge in [0.15, 0.2) is 0 Å². The molecule has 0 saturated carbocycles. The largest absolute Gasteiger partial charge is 0.212 e. The van der Waals surface area contributed by atoms with Crippen molar-refractivity contribution >= 4 is 10.0 Å². The maximum atomic E-state index is 11.5. The SMILES string of the molecule is CCS(=O)(=O)NC(C)(C)Cc1ccccc1. The molecule has 0 spiro atoms. The zero-order valence-electron chi connectivity index (χ0n) is 10.0. The van der Waals surface area contributed by atoms with Crippen molar-refractivity contribution in [2.24, 2.45) is 0 Å². The molecule has 0 aliphatic heterocycles. The summed E-state index contributed by atoms with van der Waals surface area (Å²) >= 11 is 0. The van der Waals surface area contributed by atoms with Crippen LogP contribution in [0.4, 0.5) is 0 Å². The van der Waals surface area contributed by atoms with Gasteiger partial charge in [-0.2, -0.15) is 0 Å². The van der Waals surface area contributed by atoms with E-state index in [9.17, 15) is 8.42 Å². The van der Waals surface area contributed by atoms with E-state index in [2.05, 4.69) is 4.72 Å². The zero-order valence-corrected chi connectivity index (χ0v) is 10.8. The molecular formula is C12H19NO2S. The number of nitrogens with one attached hydrogen (secondary N) is 1. The van der Waals surface area contributed by atoms with Gasteiger partial charge in [0.1, 0.15) is 0 Å². The summed E-state index contributed by atoms with van der Waals surface area (Å²) in [6, 6.07) is 9.87. The van der Waals surface area contributed by atoms with E-state index in [1.54, 1.807) is 6.92 Å². The first-order chi connectivity index (χ1) is 7.35. The molecule has 3 nitrogen and oxygen atoms in total. The van der Waals surface area contributed by atoms with Crippen LogP contribution in [-0.4, -0.2) is 19.7 Å². The van der Waals surface area contributed by atoms with E-state index in [1.165, 1.54) is 0 Å². The van der Waals surface area contributed by atoms with Crippen LogP contribution in [0.3, 0.4) is 0 Å². The summed E-state index contributed by atoms with van der Waals surface area (Å²) in [5.41, 5.74) is 0.683. The van der Waals surface area contributed by atoms with Gasteiger partial charge in [-0.1, -0.05) is 30.3 Å². The lowest BCUT2D eigenvalue weighted by Gasteiger charge is -2.25. The lowest BCUT2D eigenvalue weighted by Crippen LogP contribution is -2.45. The summed E-state index contributed by atoms with van der Waals surface area (Å²) in [5, 5.41) is 0. The van der Waals surface area contributed by atoms with E-state index in [-0.39, 0.29) is 5.75 Å². The third-order valence-corrected chi connectivity index (χ3v) is 3.92. The first-order valence-electron chi connectivity index (χ1n) is 5.40. The minimum Gasteiger partial charge on any atom is -0.212 e. The van der Waals surface area contributed by atoms with Gasteiger partial charge in [-0.05, 0) is 32.8 Å². The highest BCUT2D eigenvalue weighted by molar-refractivity contribution is 7.89. The van der Waals surface area contributed by atoms with Crippen molar-refractivity contribution in [2.75, 3.05) is 5.75 Å². The Balaban J connectivity index is 2.73. The van der Waals surface area contributed by atoms with Crippen molar-refractivity contribution in [1.82, 2.24) is 4.72 Å². The highest BCUT2D eigenvalue weighted by Gasteiger charge is 2.23. The van der Waals surface area contributed by atoms with Crippen LogP contribution in [0.5, 0.6) is 0 Å². The number of rotatable bonds is 5. The van der Waals surface area contributed by atoms with Crippen LogP contribution in [0, 0.1) is 0 Å². The van der Waals surface area contributed by atoms with Gasteiger partial charge in [0, 0.05) is 5.54 Å². The maximum absolute atomic E-state index is 11.5. The topological polar surface area (TPSA) is 46.2 Å². The lowest BCUT2D eigenvalue weighted by atomic mass is 9.96. The number of hydrogen-bond donors (Lipinski definition) is 1. The van der Waals surface area contributed by atoms with Crippen LogP contribution in [0.25, 0.3) is 0 Å². The van der Waals surface area contributed by atoms with Crippen LogP contribution < -0.4 is 4.72 Å². The fraction of sp³-hybridized carbons (Fsp3) is 0.500. The molecule has 1 aromatic carbocycles. The summed E-state index contributed by atoms with van der Waals surface area (Å²) in [5.74, 6) is 0.116. The first kappa shape index (κ1) is 13.2. The third kappa shape index (κ3) is 4.33. The Bertz CT molecular complexity index is 424. The monoisotopic (exact) mass is 241 g/mol. The Labute approximate surface area is 97.9 Å². The molecular weight excluding hydrogens is 222 g/mol. The summed E-state index contributed by atoms with van der Waals surface area (Å²) in [4.78, 5) is 0. The molecule has 0 saturated heterocycles. The predicted molar refractivity (Wildman–Crippen MR) is 66.8 cm³/mol. The van der Waals surface area contributed by atoms with E-state index in [4.69, 9.17) is 0 Å². The van der Waals surface area contributed by atoms with Gasteiger partial charge in [-0.3, -0.25) is 0 Å². The highest BCUT2D eigenvalue weighted by atomic mass is 32.2. The second-order valence-electron chi connectivity index (χ2n) is 4.55. The molecule has 0 radical (unpaired) electrons. The number of benzene rings is 1. The van der Waals surface area contributed by atoms with Gasteiger partial charge in [-0.25, -0.2) is 13.1 Å². The third-order valence-electron chi connectivity index (χ3n) is 2.30. The van der Waals surface area contributed by atoms with Crippen molar-refractivity contribution in [3.8, 4) is 0 Å². The fourth-order valence-corrected chi connectivity index (χ4v) is 2.69. The average molecular weight is 241 g/mol. The fourth-order valence-electron chi connectivity index (χ4n) is 1.64. The van der Waals surface area contributed by atoms with Crippen LogP contribution in [0.2, 0.25) is 0 Å². The van der Waals surface area contributed by atoms with Crippen LogP contribution >= 0.6 is 0 Å². The molecule has 0 fully saturated rings. The van der Waals surface area contributed by atoms with Gasteiger partial charge in [0.25, 0.3) is 0 Å². The molecule has 4 heteroatoms. The molecule has 0 heterocycles. The predicted octanol–water partition coefficient (Wildman–Crippen LogP) is 1.95. The normalized spacial score (nSPS) is 12.7. The Kier molecular flexibility index (Phi) is 4.10. The molecule has 1 N–H and O–H groups in total. The minimum absolute atomic E-state index is 0.116. The van der Waals surface area contributed by atoms with Gasteiger partial charge in [0.2, 0.25) is 10.0 Å². The summed E-state index contributed by atoms with van der Waals surface area (Å²) in [6.45, 7) is 5.43. The second kappa shape index (κ2) is 4.97. The van der Waals surface area contributed by atoms with Gasteiger partial charge in [0.05, 0.1) is 5.75 Å². The standard InChI is InChI=1S/C12H19NO2S/c1-4-16(14,15)13-12(2,3)10-11-8-6-5-7-9-11/h5-9,13H,4,10H2,1-3H3. The van der Waals surface area contributed by atoms with Crippen molar-refractivity contribution in [3.05, 3.63) is 35.9 Å². The quantitative estimate of drug-likeness (QED) is 0.856. The molecule has 0 unspecified atom stereocenters. The van der Waals surface area contributed by atoms with Crippen LogP contribution in [-0.2, 0) is 16.4 Å². The summed E-state index contributed by atoms with van der Waals surface area (Å²) in [7, 11) is -3.15. The molecule has 16 heavy (non-hydrogen) atoms. The lowest BCUT2D eigenvalue weighted by molar-refractivity contribution is 0.451. The summed E-state index contributed by atoms with van der Waals surface area (Å²) in [6.07, 6.45) is 0.688. The Morgan fingerprint density at radius 3 is 2.25 bits per heavy atom. The molecule has 0 aliphatic rings. The Morgan fingerprint density at radius 2 is 1.75 bits per heavy atom. The van der Waals surface area contributed by atoms with E-state index in [0.29, 0.717) is 6.42 Å². The van der Waals surface area contributed by atoms with E-state index >= 15 is 0 Å². The number of sulfonamides is 1. The van der Waals surface area contributed by atoms with E-state index in [1.807, 2.05) is 44.2 Å². The van der Waals surface area contributed by atoms with Gasteiger partial charge in [-0.15, -0.1) is 0 Å². The van der Waals surface area contributed by atoms with E-state index < -0.39 is 15.6 Å². The maximum Gasteiger partial charge on any atom is 0.211 e. The van der Waals surface area contributed by atoms with Crippen molar-refractivity contribution in [3.63, 3.8) is 0 Å². The molecule has 1 rings (SSSR count). The highest BCUT2D eigenvalue weighted by Crippen LogP contribution is 2.13. The van der Waals surface area contributed by atoms with Gasteiger partial charge >= 0.3 is 0 Å². The molecule has 0 bridgehead atoms. The van der Waals surface area contributed by atoms with Gasteiger partial charge < -0.3 is 0 Å². The number of hydrogen-bond acceptors (Lipinski definition) is 2. The average Bonchev–Trinajstić information content (AvgIpc) is 2.17. The molecule has 0 aliphatic carbocycles. The van der Waals surface area contributed by atoms with Crippen LogP contribution in [0.15, 0.2) is 30.3 Å². The Morgan fingerprint density at radius 1 is 1.19 bits per heavy atom. The first-order valence-corrected chi connectivity index (χ1v) is 7.05. The smallest absolute Gasteiger partial charge is 0.211 e. The van der Waals surface area contributed by atoms with Crippen molar-refractivity contribution < 1.29 is 8.42 Å². The van der Waals surface area contributed by atoms with E-state index in [0.717, 1.165) is 5.56 Å². The molecule has 1 aromatic rings.